The highest BCUT2D eigenvalue weighted by atomic mass is 31.2. The first-order valence-corrected chi connectivity index (χ1v) is 30.1. The number of quaternary nitrogens is 1. The van der Waals surface area contributed by atoms with E-state index < -0.39 is 13.9 Å². The summed E-state index contributed by atoms with van der Waals surface area (Å²) in [6.07, 6.45) is 75.9. The van der Waals surface area contributed by atoms with E-state index in [0.29, 0.717) is 24.1 Å². The van der Waals surface area contributed by atoms with Crippen molar-refractivity contribution in [3.8, 4) is 0 Å². The van der Waals surface area contributed by atoms with Crippen LogP contribution in [-0.2, 0) is 27.9 Å². The zero-order valence-electron chi connectivity index (χ0n) is 46.4. The molecule has 0 aliphatic rings. The largest absolute Gasteiger partial charge is 0.472 e. The SMILES string of the molecule is CC/C=C\C/C=C\C/C=C\C/C=C\C/C=C\C/C=C\C/C=C\CCCCOCC(COP(=O)(O)OCC[N+](C)(C)C)OC(=O)CCCCCCCCCCCCCCC/C=C\C/C=C\CCCCCCC. The lowest BCUT2D eigenvalue weighted by molar-refractivity contribution is -0.870. The van der Waals surface area contributed by atoms with E-state index >= 15 is 0 Å². The van der Waals surface area contributed by atoms with Crippen LogP contribution < -0.4 is 0 Å². The maximum Gasteiger partial charge on any atom is 0.472 e. The van der Waals surface area contributed by atoms with Crippen molar-refractivity contribution >= 4 is 13.8 Å². The van der Waals surface area contributed by atoms with E-state index in [4.69, 9.17) is 18.5 Å². The van der Waals surface area contributed by atoms with E-state index in [2.05, 4.69) is 123 Å². The van der Waals surface area contributed by atoms with E-state index in [-0.39, 0.29) is 25.8 Å². The Kier molecular flexibility index (Phi) is 51.3. The van der Waals surface area contributed by atoms with Gasteiger partial charge in [0, 0.05) is 13.0 Å². The smallest absolute Gasteiger partial charge is 0.457 e. The third kappa shape index (κ3) is 57.9. The van der Waals surface area contributed by atoms with E-state index in [1.807, 2.05) is 21.1 Å². The minimum absolute atomic E-state index is 0.0740. The van der Waals surface area contributed by atoms with Crippen molar-refractivity contribution in [3.63, 3.8) is 0 Å². The van der Waals surface area contributed by atoms with Crippen LogP contribution >= 0.6 is 7.82 Å². The molecule has 0 aromatic rings. The predicted octanol–water partition coefficient (Wildman–Crippen LogP) is 18.3. The molecule has 0 heterocycles. The van der Waals surface area contributed by atoms with Crippen LogP contribution in [0.4, 0.5) is 0 Å². The third-order valence-electron chi connectivity index (χ3n) is 11.8. The maximum atomic E-state index is 12.8. The van der Waals surface area contributed by atoms with Crippen molar-refractivity contribution in [2.24, 2.45) is 0 Å². The normalized spacial score (nSPS) is 14.3. The van der Waals surface area contributed by atoms with Crippen LogP contribution in [0.2, 0.25) is 0 Å². The highest BCUT2D eigenvalue weighted by molar-refractivity contribution is 7.47. The Morgan fingerprint density at radius 2 is 0.817 bits per heavy atom. The lowest BCUT2D eigenvalue weighted by Gasteiger charge is -2.24. The van der Waals surface area contributed by atoms with Crippen molar-refractivity contribution in [2.45, 2.75) is 225 Å². The summed E-state index contributed by atoms with van der Waals surface area (Å²) >= 11 is 0. The van der Waals surface area contributed by atoms with Gasteiger partial charge in [0.2, 0.25) is 0 Å². The van der Waals surface area contributed by atoms with Gasteiger partial charge < -0.3 is 18.9 Å². The fourth-order valence-electron chi connectivity index (χ4n) is 7.45. The number of likely N-dealkylation sites (N-methyl/N-ethyl adjacent to an activating group) is 1. The molecular weight excluding hydrogens is 902 g/mol. The fourth-order valence-corrected chi connectivity index (χ4v) is 8.19. The monoisotopic (exact) mass is 1010 g/mol. The molecular formula is C62H109NO7P+. The first kappa shape index (κ1) is 68.2. The number of hydrogen-bond acceptors (Lipinski definition) is 6. The second-order valence-corrected chi connectivity index (χ2v) is 21.4. The van der Waals surface area contributed by atoms with Crippen molar-refractivity contribution < 1.29 is 37.3 Å². The van der Waals surface area contributed by atoms with Crippen molar-refractivity contribution in [3.05, 3.63) is 109 Å². The van der Waals surface area contributed by atoms with Gasteiger partial charge in [-0.2, -0.15) is 0 Å². The second kappa shape index (κ2) is 53.5. The van der Waals surface area contributed by atoms with Crippen LogP contribution in [-0.4, -0.2) is 75.6 Å². The van der Waals surface area contributed by atoms with Gasteiger partial charge in [0.15, 0.2) is 0 Å². The summed E-state index contributed by atoms with van der Waals surface area (Å²) in [6, 6.07) is 0. The molecule has 2 unspecified atom stereocenters. The zero-order valence-corrected chi connectivity index (χ0v) is 47.3. The average molecular weight is 1010 g/mol. The topological polar surface area (TPSA) is 91.3 Å². The van der Waals surface area contributed by atoms with Gasteiger partial charge in [-0.1, -0.05) is 220 Å². The van der Waals surface area contributed by atoms with Crippen LogP contribution in [0.15, 0.2) is 109 Å². The summed E-state index contributed by atoms with van der Waals surface area (Å²) < 4.78 is 35.2. The molecule has 0 saturated heterocycles. The van der Waals surface area contributed by atoms with Crippen molar-refractivity contribution in [2.75, 3.05) is 54.1 Å². The highest BCUT2D eigenvalue weighted by Gasteiger charge is 2.26. The van der Waals surface area contributed by atoms with Gasteiger partial charge >= 0.3 is 13.8 Å². The molecule has 0 saturated carbocycles. The first-order valence-electron chi connectivity index (χ1n) is 28.6. The Morgan fingerprint density at radius 3 is 1.23 bits per heavy atom. The maximum absolute atomic E-state index is 12.8. The molecule has 0 bridgehead atoms. The van der Waals surface area contributed by atoms with Gasteiger partial charge in [-0.05, 0) is 103 Å². The summed E-state index contributed by atoms with van der Waals surface area (Å²) in [4.78, 5) is 23.1. The molecule has 8 nitrogen and oxygen atoms in total. The number of ether oxygens (including phenoxy) is 2. The Labute approximate surface area is 438 Å². The molecule has 0 radical (unpaired) electrons. The second-order valence-electron chi connectivity index (χ2n) is 19.9. The number of phosphoric ester groups is 1. The predicted molar refractivity (Wildman–Crippen MR) is 307 cm³/mol. The van der Waals surface area contributed by atoms with Crippen molar-refractivity contribution in [1.29, 1.82) is 0 Å². The Bertz CT molecular complexity index is 1500. The molecule has 0 amide bonds. The number of carbonyl (C=O) groups excluding carboxylic acids is 1. The molecule has 0 fully saturated rings. The van der Waals surface area contributed by atoms with E-state index in [0.717, 1.165) is 89.9 Å². The number of esters is 1. The van der Waals surface area contributed by atoms with Crippen LogP contribution in [0, 0.1) is 0 Å². The molecule has 2 atom stereocenters. The number of allylic oxidation sites excluding steroid dienone is 18. The molecule has 0 aliphatic carbocycles. The molecule has 0 aliphatic heterocycles. The van der Waals surface area contributed by atoms with E-state index in [1.165, 1.54) is 109 Å². The highest BCUT2D eigenvalue weighted by Crippen LogP contribution is 2.43. The number of hydrogen-bond donors (Lipinski definition) is 1. The van der Waals surface area contributed by atoms with Gasteiger partial charge in [-0.25, -0.2) is 4.57 Å². The Balaban J connectivity index is 4.19. The molecule has 1 N–H and O–H groups in total. The van der Waals surface area contributed by atoms with Crippen LogP contribution in [0.3, 0.4) is 0 Å². The summed E-state index contributed by atoms with van der Waals surface area (Å²) in [6.45, 7) is 5.38. The molecule has 9 heteroatoms. The number of phosphoric acid groups is 1. The molecule has 0 aromatic heterocycles. The molecule has 0 rings (SSSR count). The number of rotatable bonds is 52. The van der Waals surface area contributed by atoms with Gasteiger partial charge in [0.1, 0.15) is 19.3 Å². The lowest BCUT2D eigenvalue weighted by Crippen LogP contribution is -2.37. The van der Waals surface area contributed by atoms with E-state index in [1.54, 1.807) is 0 Å². The first-order chi connectivity index (χ1) is 34.6. The quantitative estimate of drug-likeness (QED) is 0.0213. The van der Waals surface area contributed by atoms with Gasteiger partial charge in [0.25, 0.3) is 0 Å². The number of carbonyl (C=O) groups is 1. The Morgan fingerprint density at radius 1 is 0.451 bits per heavy atom. The lowest BCUT2D eigenvalue weighted by atomic mass is 10.0. The molecule has 0 spiro atoms. The summed E-state index contributed by atoms with van der Waals surface area (Å²) in [5, 5.41) is 0. The average Bonchev–Trinajstić information content (AvgIpc) is 3.33. The van der Waals surface area contributed by atoms with Crippen LogP contribution in [0.1, 0.15) is 219 Å². The standard InChI is InChI=1S/C62H108NO7P/c1-6-8-10-12-14-16-18-20-22-24-26-28-30-32-33-35-37-39-41-43-45-47-49-51-53-55-62(64)70-61(60-69-71(65,66)68-58-56-63(3,4)5)59-67-57-54-52-50-48-46-44-42-40-38-36-34-31-29-27-25-23-21-19-17-15-13-11-9-7-2/h9,11,15,17-18,20-21,23-24,26-27,29,34,36,40,42,46,48,61H,6-8,10,12-14,16,19,22,25,28,30-33,35,37-39,41,43-45,47,49-60H2,1-5H3/p+1/b11-9-,17-15-,20-18-,23-21-,26-24-,29-27-,36-34-,42-40-,48-46-. The van der Waals surface area contributed by atoms with E-state index in [9.17, 15) is 14.3 Å². The zero-order chi connectivity index (χ0) is 51.9. The van der Waals surface area contributed by atoms with Gasteiger partial charge in [0.05, 0.1) is 34.4 Å². The summed E-state index contributed by atoms with van der Waals surface area (Å²) in [5.41, 5.74) is 0. The van der Waals surface area contributed by atoms with Crippen LogP contribution in [0.5, 0.6) is 0 Å². The van der Waals surface area contributed by atoms with Crippen LogP contribution in [0.25, 0.3) is 0 Å². The minimum atomic E-state index is -4.31. The number of nitrogens with zero attached hydrogens (tertiary/aromatic N) is 1. The van der Waals surface area contributed by atoms with Crippen molar-refractivity contribution in [1.82, 2.24) is 0 Å². The van der Waals surface area contributed by atoms with Gasteiger partial charge in [-0.15, -0.1) is 0 Å². The number of unbranched alkanes of at least 4 members (excludes halogenated alkanes) is 20. The fraction of sp³-hybridized carbons (Fsp3) is 0.694. The van der Waals surface area contributed by atoms with Gasteiger partial charge in [-0.3, -0.25) is 13.8 Å². The molecule has 71 heavy (non-hydrogen) atoms. The third-order valence-corrected chi connectivity index (χ3v) is 12.8. The minimum Gasteiger partial charge on any atom is -0.457 e. The molecule has 0 aromatic carbocycles. The molecule has 408 valence electrons. The summed E-state index contributed by atoms with van der Waals surface area (Å²) in [7, 11) is 1.63. The summed E-state index contributed by atoms with van der Waals surface area (Å²) in [5.74, 6) is -0.332. The Hall–Kier alpha value is -2.84.